The van der Waals surface area contributed by atoms with Crippen molar-refractivity contribution in [3.8, 4) is 0 Å². The summed E-state index contributed by atoms with van der Waals surface area (Å²) in [5.41, 5.74) is 4.03. The van der Waals surface area contributed by atoms with Crippen LogP contribution in [0.25, 0.3) is 0 Å². The molecule has 0 heterocycles. The monoisotopic (exact) mass is 279 g/mol. The van der Waals surface area contributed by atoms with E-state index in [9.17, 15) is 4.39 Å². The minimum atomic E-state index is -0.208. The molecule has 1 unspecified atom stereocenters. The van der Waals surface area contributed by atoms with Crippen LogP contribution in [0, 0.1) is 11.7 Å². The van der Waals surface area contributed by atoms with Crippen molar-refractivity contribution >= 4 is 0 Å². The standard InChI is InChI=1S/C16H26FN3/c1-12-8-10-16(11-9-12,20(2)3)15(19-18)13-4-6-14(17)7-5-13/h4-7,12,15,19H,8-11,18H2,1-3H3. The summed E-state index contributed by atoms with van der Waals surface area (Å²) in [6.45, 7) is 2.31. The first-order chi connectivity index (χ1) is 9.49. The smallest absolute Gasteiger partial charge is 0.123 e. The van der Waals surface area contributed by atoms with Crippen molar-refractivity contribution in [1.82, 2.24) is 10.3 Å². The topological polar surface area (TPSA) is 41.3 Å². The molecule has 0 bridgehead atoms. The Morgan fingerprint density at radius 3 is 2.25 bits per heavy atom. The van der Waals surface area contributed by atoms with Gasteiger partial charge in [-0.05, 0) is 63.4 Å². The highest BCUT2D eigenvalue weighted by atomic mass is 19.1. The Morgan fingerprint density at radius 1 is 1.25 bits per heavy atom. The average Bonchev–Trinajstić information content (AvgIpc) is 2.43. The summed E-state index contributed by atoms with van der Waals surface area (Å²) in [6, 6.07) is 6.71. The van der Waals surface area contributed by atoms with Crippen LogP contribution in [0.15, 0.2) is 24.3 Å². The normalized spacial score (nSPS) is 28.6. The number of likely N-dealkylation sites (N-methyl/N-ethyl adjacent to an activating group) is 1. The molecule has 4 heteroatoms. The lowest BCUT2D eigenvalue weighted by Gasteiger charge is -2.49. The molecule has 20 heavy (non-hydrogen) atoms. The number of hydrogen-bond donors (Lipinski definition) is 2. The maximum absolute atomic E-state index is 13.1. The minimum Gasteiger partial charge on any atom is -0.302 e. The van der Waals surface area contributed by atoms with Gasteiger partial charge in [0.1, 0.15) is 5.82 Å². The molecule has 0 spiro atoms. The van der Waals surface area contributed by atoms with Crippen molar-refractivity contribution in [3.05, 3.63) is 35.6 Å². The molecule has 3 N–H and O–H groups in total. The van der Waals surface area contributed by atoms with Crippen LogP contribution in [-0.2, 0) is 0 Å². The van der Waals surface area contributed by atoms with Gasteiger partial charge < -0.3 is 4.90 Å². The van der Waals surface area contributed by atoms with Gasteiger partial charge in [0, 0.05) is 5.54 Å². The summed E-state index contributed by atoms with van der Waals surface area (Å²) in [5, 5.41) is 0. The Kier molecular flexibility index (Phi) is 4.78. The summed E-state index contributed by atoms with van der Waals surface area (Å²) in [7, 11) is 4.23. The molecule has 0 saturated heterocycles. The second kappa shape index (κ2) is 6.20. The fourth-order valence-electron chi connectivity index (χ4n) is 3.47. The Hall–Kier alpha value is -0.970. The highest BCUT2D eigenvalue weighted by Crippen LogP contribution is 2.43. The molecule has 0 aliphatic heterocycles. The Labute approximate surface area is 121 Å². The third-order valence-electron chi connectivity index (χ3n) is 4.94. The lowest BCUT2D eigenvalue weighted by Crippen LogP contribution is -2.56. The lowest BCUT2D eigenvalue weighted by atomic mass is 9.70. The van der Waals surface area contributed by atoms with E-state index in [1.54, 1.807) is 0 Å². The fourth-order valence-corrected chi connectivity index (χ4v) is 3.47. The van der Waals surface area contributed by atoms with Gasteiger partial charge in [-0.3, -0.25) is 11.3 Å². The molecule has 1 aliphatic carbocycles. The number of hydrogen-bond acceptors (Lipinski definition) is 3. The van der Waals surface area contributed by atoms with Gasteiger partial charge in [0.25, 0.3) is 0 Å². The maximum atomic E-state index is 13.1. The molecule has 1 aromatic carbocycles. The van der Waals surface area contributed by atoms with Crippen molar-refractivity contribution in [1.29, 1.82) is 0 Å². The first-order valence-electron chi connectivity index (χ1n) is 7.38. The highest BCUT2D eigenvalue weighted by Gasteiger charge is 2.43. The van der Waals surface area contributed by atoms with Crippen molar-refractivity contribution in [3.63, 3.8) is 0 Å². The van der Waals surface area contributed by atoms with Gasteiger partial charge in [0.2, 0.25) is 0 Å². The van der Waals surface area contributed by atoms with Crippen LogP contribution in [0.1, 0.15) is 44.2 Å². The quantitative estimate of drug-likeness (QED) is 0.658. The first kappa shape index (κ1) is 15.4. The van der Waals surface area contributed by atoms with Crippen LogP contribution in [0.3, 0.4) is 0 Å². The third-order valence-corrected chi connectivity index (χ3v) is 4.94. The van der Waals surface area contributed by atoms with E-state index in [0.29, 0.717) is 0 Å². The van der Waals surface area contributed by atoms with Crippen LogP contribution in [0.5, 0.6) is 0 Å². The predicted molar refractivity (Wildman–Crippen MR) is 80.5 cm³/mol. The molecule has 1 fully saturated rings. The molecule has 2 rings (SSSR count). The fraction of sp³-hybridized carbons (Fsp3) is 0.625. The number of hydrazine groups is 1. The van der Waals surface area contributed by atoms with Crippen LogP contribution >= 0.6 is 0 Å². The van der Waals surface area contributed by atoms with Gasteiger partial charge in [-0.2, -0.15) is 0 Å². The maximum Gasteiger partial charge on any atom is 0.123 e. The number of halogens is 1. The molecule has 1 atom stereocenters. The van der Waals surface area contributed by atoms with Crippen LogP contribution in [-0.4, -0.2) is 24.5 Å². The zero-order valence-corrected chi connectivity index (χ0v) is 12.7. The van der Waals surface area contributed by atoms with Gasteiger partial charge in [0.15, 0.2) is 0 Å². The van der Waals surface area contributed by atoms with Crippen molar-refractivity contribution < 1.29 is 4.39 Å². The van der Waals surface area contributed by atoms with E-state index in [1.165, 1.54) is 25.0 Å². The van der Waals surface area contributed by atoms with Gasteiger partial charge in [-0.15, -0.1) is 0 Å². The van der Waals surface area contributed by atoms with Crippen molar-refractivity contribution in [2.24, 2.45) is 11.8 Å². The third kappa shape index (κ3) is 2.87. The molecule has 112 valence electrons. The summed E-state index contributed by atoms with van der Waals surface area (Å²) < 4.78 is 13.1. The van der Waals surface area contributed by atoms with Gasteiger partial charge in [0.05, 0.1) is 6.04 Å². The van der Waals surface area contributed by atoms with E-state index in [4.69, 9.17) is 5.84 Å². The minimum absolute atomic E-state index is 0.000903. The number of nitrogens with one attached hydrogen (secondary N) is 1. The van der Waals surface area contributed by atoms with E-state index in [-0.39, 0.29) is 17.4 Å². The van der Waals surface area contributed by atoms with E-state index < -0.39 is 0 Å². The Bertz CT molecular complexity index is 422. The Morgan fingerprint density at radius 2 is 1.80 bits per heavy atom. The second-order valence-corrected chi connectivity index (χ2v) is 6.33. The van der Waals surface area contributed by atoms with E-state index in [1.807, 2.05) is 12.1 Å². The SMILES string of the molecule is CC1CCC(C(NN)c2ccc(F)cc2)(N(C)C)CC1. The van der Waals surface area contributed by atoms with Crippen LogP contribution in [0.4, 0.5) is 4.39 Å². The molecule has 0 radical (unpaired) electrons. The number of nitrogens with two attached hydrogens (primary N) is 1. The zero-order valence-electron chi connectivity index (χ0n) is 12.7. The lowest BCUT2D eigenvalue weighted by molar-refractivity contribution is 0.0428. The molecular weight excluding hydrogens is 253 g/mol. The van der Waals surface area contributed by atoms with Crippen LogP contribution < -0.4 is 11.3 Å². The highest BCUT2D eigenvalue weighted by molar-refractivity contribution is 5.24. The number of nitrogens with zero attached hydrogens (tertiary/aromatic N) is 1. The predicted octanol–water partition coefficient (Wildman–Crippen LogP) is 2.84. The van der Waals surface area contributed by atoms with E-state index in [0.717, 1.165) is 24.3 Å². The van der Waals surface area contributed by atoms with E-state index >= 15 is 0 Å². The zero-order chi connectivity index (χ0) is 14.8. The summed E-state index contributed by atoms with van der Waals surface area (Å²) in [6.07, 6.45) is 4.62. The molecule has 1 saturated carbocycles. The van der Waals surface area contributed by atoms with E-state index in [2.05, 4.69) is 31.3 Å². The molecule has 1 aliphatic rings. The van der Waals surface area contributed by atoms with Gasteiger partial charge >= 0.3 is 0 Å². The van der Waals surface area contributed by atoms with Gasteiger partial charge in [-0.1, -0.05) is 19.1 Å². The first-order valence-corrected chi connectivity index (χ1v) is 7.38. The second-order valence-electron chi connectivity index (χ2n) is 6.33. The Balaban J connectivity index is 2.33. The van der Waals surface area contributed by atoms with Crippen molar-refractivity contribution in [2.45, 2.75) is 44.2 Å². The molecule has 0 amide bonds. The number of rotatable bonds is 4. The summed E-state index contributed by atoms with van der Waals surface area (Å²) in [4.78, 5) is 2.28. The summed E-state index contributed by atoms with van der Waals surface area (Å²) in [5.74, 6) is 6.43. The average molecular weight is 279 g/mol. The van der Waals surface area contributed by atoms with Crippen LogP contribution in [0.2, 0.25) is 0 Å². The summed E-state index contributed by atoms with van der Waals surface area (Å²) >= 11 is 0. The molecule has 1 aromatic rings. The van der Waals surface area contributed by atoms with Gasteiger partial charge in [-0.25, -0.2) is 4.39 Å². The molecular formula is C16H26FN3. The molecule has 0 aromatic heterocycles. The number of benzene rings is 1. The molecule has 3 nitrogen and oxygen atoms in total. The van der Waals surface area contributed by atoms with Crippen molar-refractivity contribution in [2.75, 3.05) is 14.1 Å². The largest absolute Gasteiger partial charge is 0.302 e.